The normalized spacial score (nSPS) is 18.6. The molecule has 6 nitrogen and oxygen atoms in total. The number of hydrogen-bond donors (Lipinski definition) is 0. The molecule has 2 aromatic carbocycles. The highest BCUT2D eigenvalue weighted by atomic mass is 32.2. The lowest BCUT2D eigenvalue weighted by molar-refractivity contribution is -0.143. The molecule has 1 atom stereocenters. The number of nitrogens with zero attached hydrogens (tertiary/aromatic N) is 2. The van der Waals surface area contributed by atoms with E-state index in [1.165, 1.54) is 11.8 Å². The molecule has 4 rings (SSSR count). The van der Waals surface area contributed by atoms with Crippen molar-refractivity contribution >= 4 is 28.8 Å². The van der Waals surface area contributed by atoms with Gasteiger partial charge in [-0.05, 0) is 50.6 Å². The second kappa shape index (κ2) is 8.98. The Morgan fingerprint density at radius 2 is 1.87 bits per heavy atom. The van der Waals surface area contributed by atoms with Crippen molar-refractivity contribution in [3.63, 3.8) is 0 Å². The highest BCUT2D eigenvalue weighted by Crippen LogP contribution is 2.41. The molecular weight excluding hydrogens is 412 g/mol. The maximum absolute atomic E-state index is 13.0. The third-order valence-corrected chi connectivity index (χ3v) is 5.88. The minimum Gasteiger partial charge on any atom is -0.459 e. The van der Waals surface area contributed by atoms with Gasteiger partial charge in [0.1, 0.15) is 11.5 Å². The highest BCUT2D eigenvalue weighted by molar-refractivity contribution is 8.14. The lowest BCUT2D eigenvalue weighted by atomic mass is 9.94. The number of allylic oxidation sites excluding steroid dienone is 1. The van der Waals surface area contributed by atoms with Crippen LogP contribution < -0.4 is 4.74 Å². The largest absolute Gasteiger partial charge is 0.459 e. The summed E-state index contributed by atoms with van der Waals surface area (Å²) >= 11 is 1.53. The number of fused-ring (bicyclic) bond motifs is 1. The third kappa shape index (κ3) is 4.51. The summed E-state index contributed by atoms with van der Waals surface area (Å²) in [6, 6.07) is 16.3. The van der Waals surface area contributed by atoms with Crippen LogP contribution in [0.15, 0.2) is 70.9 Å². The zero-order valence-electron chi connectivity index (χ0n) is 17.7. The van der Waals surface area contributed by atoms with Crippen LogP contribution in [0.2, 0.25) is 0 Å². The molecule has 2 aliphatic rings. The van der Waals surface area contributed by atoms with Crippen molar-refractivity contribution in [2.45, 2.75) is 39.3 Å². The van der Waals surface area contributed by atoms with Crippen LogP contribution >= 0.6 is 11.8 Å². The Bertz CT molecular complexity index is 1060. The topological polar surface area (TPSA) is 68.2 Å². The van der Waals surface area contributed by atoms with E-state index in [0.29, 0.717) is 40.1 Å². The second-order valence-corrected chi connectivity index (χ2v) is 8.66. The van der Waals surface area contributed by atoms with Gasteiger partial charge in [-0.2, -0.15) is 0 Å². The van der Waals surface area contributed by atoms with Gasteiger partial charge in [0.05, 0.1) is 23.4 Å². The van der Waals surface area contributed by atoms with Crippen molar-refractivity contribution in [2.24, 2.45) is 4.99 Å². The molecule has 1 fully saturated rings. The van der Waals surface area contributed by atoms with Gasteiger partial charge in [-0.15, -0.1) is 0 Å². The fourth-order valence-corrected chi connectivity index (χ4v) is 4.63. The van der Waals surface area contributed by atoms with Gasteiger partial charge in [-0.3, -0.25) is 9.69 Å². The molecule has 0 spiro atoms. The summed E-state index contributed by atoms with van der Waals surface area (Å²) in [5, 5.41) is 0.620. The Labute approximate surface area is 185 Å². The molecular formula is C24H24N2O4S. The smallest absolute Gasteiger partial charge is 0.338 e. The molecule has 7 heteroatoms. The molecule has 0 saturated carbocycles. The van der Waals surface area contributed by atoms with Crippen LogP contribution in [0.5, 0.6) is 11.5 Å². The minimum absolute atomic E-state index is 0.0563. The van der Waals surface area contributed by atoms with Crippen molar-refractivity contribution in [1.29, 1.82) is 0 Å². The monoisotopic (exact) mass is 436 g/mol. The van der Waals surface area contributed by atoms with E-state index in [1.807, 2.05) is 54.6 Å². The first-order valence-electron chi connectivity index (χ1n) is 10.2. The predicted octanol–water partition coefficient (Wildman–Crippen LogP) is 5.08. The molecule has 0 aliphatic carbocycles. The molecule has 31 heavy (non-hydrogen) atoms. The molecule has 1 amide bonds. The number of rotatable bonds is 5. The van der Waals surface area contributed by atoms with Crippen LogP contribution in [0.1, 0.15) is 38.8 Å². The standard InChI is InChI=1S/C24H24N2O4S/c1-15(2)29-23(28)21-16(3)25-24-26(20(27)12-13-31-24)22(21)17-8-7-11-19(14-17)30-18-9-5-4-6-10-18/h4-11,14-15,22H,12-13H2,1-3H3. The van der Waals surface area contributed by atoms with E-state index in [2.05, 4.69) is 4.99 Å². The van der Waals surface area contributed by atoms with E-state index in [4.69, 9.17) is 9.47 Å². The number of ether oxygens (including phenoxy) is 2. The Morgan fingerprint density at radius 1 is 1.13 bits per heavy atom. The molecule has 2 aromatic rings. The number of esters is 1. The lowest BCUT2D eigenvalue weighted by Crippen LogP contribution is -2.46. The first-order valence-corrected chi connectivity index (χ1v) is 11.2. The number of amides is 1. The van der Waals surface area contributed by atoms with Crippen molar-refractivity contribution in [1.82, 2.24) is 4.90 Å². The zero-order chi connectivity index (χ0) is 22.0. The van der Waals surface area contributed by atoms with Gasteiger partial charge >= 0.3 is 5.97 Å². The van der Waals surface area contributed by atoms with E-state index in [0.717, 1.165) is 5.56 Å². The Balaban J connectivity index is 1.77. The van der Waals surface area contributed by atoms with Crippen LogP contribution in [0.3, 0.4) is 0 Å². The molecule has 0 radical (unpaired) electrons. The van der Waals surface area contributed by atoms with Gasteiger partial charge in [0.25, 0.3) is 0 Å². The van der Waals surface area contributed by atoms with E-state index < -0.39 is 12.0 Å². The zero-order valence-corrected chi connectivity index (χ0v) is 18.5. The summed E-state index contributed by atoms with van der Waals surface area (Å²) in [6.07, 6.45) is 0.115. The number of para-hydroxylation sites is 1. The van der Waals surface area contributed by atoms with Crippen LogP contribution in [-0.2, 0) is 14.3 Å². The molecule has 1 unspecified atom stereocenters. The number of hydrogen-bond acceptors (Lipinski definition) is 6. The van der Waals surface area contributed by atoms with E-state index >= 15 is 0 Å². The van der Waals surface area contributed by atoms with Gasteiger partial charge < -0.3 is 9.47 Å². The summed E-state index contributed by atoms with van der Waals surface area (Å²) in [6.45, 7) is 5.39. The van der Waals surface area contributed by atoms with Gasteiger partial charge in [0.15, 0.2) is 5.17 Å². The fraction of sp³-hybridized carbons (Fsp3) is 0.292. The first kappa shape index (κ1) is 21.2. The van der Waals surface area contributed by atoms with Gasteiger partial charge in [0, 0.05) is 12.2 Å². The molecule has 160 valence electrons. The maximum Gasteiger partial charge on any atom is 0.338 e. The summed E-state index contributed by atoms with van der Waals surface area (Å²) < 4.78 is 11.5. The van der Waals surface area contributed by atoms with Gasteiger partial charge in [-0.1, -0.05) is 42.1 Å². The summed E-state index contributed by atoms with van der Waals surface area (Å²) in [4.78, 5) is 32.1. The molecule has 2 heterocycles. The van der Waals surface area contributed by atoms with Gasteiger partial charge in [-0.25, -0.2) is 9.79 Å². The van der Waals surface area contributed by atoms with Crippen LogP contribution in [0.25, 0.3) is 0 Å². The number of aliphatic imine (C=N–C) groups is 1. The second-order valence-electron chi connectivity index (χ2n) is 7.60. The Morgan fingerprint density at radius 3 is 2.61 bits per heavy atom. The SMILES string of the molecule is CC1=C(C(=O)OC(C)C)C(c2cccc(Oc3ccccc3)c2)N2C(=O)CCSC2=N1. The van der Waals surface area contributed by atoms with E-state index in [9.17, 15) is 9.59 Å². The lowest BCUT2D eigenvalue weighted by Gasteiger charge is -2.39. The molecule has 2 aliphatic heterocycles. The number of carbonyl (C=O) groups excluding carboxylic acids is 2. The van der Waals surface area contributed by atoms with Crippen LogP contribution in [-0.4, -0.2) is 33.8 Å². The molecule has 0 bridgehead atoms. The number of thioether (sulfide) groups is 1. The number of benzene rings is 2. The fourth-order valence-electron chi connectivity index (χ4n) is 3.62. The third-order valence-electron chi connectivity index (χ3n) is 4.92. The van der Waals surface area contributed by atoms with E-state index in [-0.39, 0.29) is 12.0 Å². The van der Waals surface area contributed by atoms with E-state index in [1.54, 1.807) is 25.7 Å². The average molecular weight is 437 g/mol. The molecule has 1 saturated heterocycles. The van der Waals surface area contributed by atoms with Crippen molar-refractivity contribution in [2.75, 3.05) is 5.75 Å². The maximum atomic E-state index is 13.0. The van der Waals surface area contributed by atoms with Crippen molar-refractivity contribution < 1.29 is 19.1 Å². The summed E-state index contributed by atoms with van der Waals surface area (Å²) in [5.41, 5.74) is 1.72. The minimum atomic E-state index is -0.613. The number of amidine groups is 1. The number of carbonyl (C=O) groups is 2. The van der Waals surface area contributed by atoms with Crippen molar-refractivity contribution in [3.05, 3.63) is 71.4 Å². The quantitative estimate of drug-likeness (QED) is 0.612. The summed E-state index contributed by atoms with van der Waals surface area (Å²) in [5.74, 6) is 1.49. The first-order chi connectivity index (χ1) is 14.9. The van der Waals surface area contributed by atoms with Gasteiger partial charge in [0.2, 0.25) is 5.91 Å². The molecule has 0 aromatic heterocycles. The highest BCUT2D eigenvalue weighted by Gasteiger charge is 2.41. The Kier molecular flexibility index (Phi) is 6.13. The summed E-state index contributed by atoms with van der Waals surface area (Å²) in [7, 11) is 0. The van der Waals surface area contributed by atoms with Crippen LogP contribution in [0, 0.1) is 0 Å². The van der Waals surface area contributed by atoms with Crippen LogP contribution in [0.4, 0.5) is 0 Å². The molecule has 0 N–H and O–H groups in total. The predicted molar refractivity (Wildman–Crippen MR) is 121 cm³/mol. The van der Waals surface area contributed by atoms with Crippen molar-refractivity contribution in [3.8, 4) is 11.5 Å². The average Bonchev–Trinajstić information content (AvgIpc) is 2.73. The Hall–Kier alpha value is -3.06.